The largest absolute Gasteiger partial charge is 0.355 e. The van der Waals surface area contributed by atoms with Gasteiger partial charge in [-0.3, -0.25) is 4.99 Å². The Morgan fingerprint density at radius 3 is 2.36 bits per heavy atom. The molecule has 0 heterocycles. The summed E-state index contributed by atoms with van der Waals surface area (Å²) in [7, 11) is 6.07. The molecule has 0 fully saturated rings. The number of likely N-dealkylation sites (N-methyl/N-ethyl adjacent to an activating group) is 1. The lowest BCUT2D eigenvalue weighted by Gasteiger charge is -2.26. The lowest BCUT2D eigenvalue weighted by Crippen LogP contribution is -2.47. The highest BCUT2D eigenvalue weighted by molar-refractivity contribution is 14.0. The molecule has 0 amide bonds. The summed E-state index contributed by atoms with van der Waals surface area (Å²) in [5.41, 5.74) is 1.36. The molecule has 0 radical (unpaired) electrons. The van der Waals surface area contributed by atoms with E-state index in [2.05, 4.69) is 78.8 Å². The van der Waals surface area contributed by atoms with E-state index in [-0.39, 0.29) is 24.0 Å². The number of nitrogens with one attached hydrogen (secondary N) is 2. The molecule has 1 aromatic carbocycles. The second-order valence-electron chi connectivity index (χ2n) is 5.71. The van der Waals surface area contributed by atoms with E-state index in [1.165, 1.54) is 5.56 Å². The Balaban J connectivity index is 0.00000441. The van der Waals surface area contributed by atoms with Crippen molar-refractivity contribution in [3.63, 3.8) is 0 Å². The van der Waals surface area contributed by atoms with E-state index in [1.807, 2.05) is 7.05 Å². The van der Waals surface area contributed by atoms with Crippen LogP contribution in [0, 0.1) is 0 Å². The van der Waals surface area contributed by atoms with E-state index in [0.717, 1.165) is 25.3 Å². The molecule has 2 atom stereocenters. The molecule has 0 spiro atoms. The molecule has 0 saturated carbocycles. The fourth-order valence-corrected chi connectivity index (χ4v) is 2.07. The molecule has 0 saturated heterocycles. The van der Waals surface area contributed by atoms with Crippen LogP contribution in [0.1, 0.15) is 25.8 Å². The summed E-state index contributed by atoms with van der Waals surface area (Å²) in [5, 5.41) is 6.83. The number of aliphatic imine (C=N–C) groups is 1. The molecular formula is C17H31IN4. The molecule has 22 heavy (non-hydrogen) atoms. The molecule has 2 unspecified atom stereocenters. The molecule has 2 N–H and O–H groups in total. The van der Waals surface area contributed by atoms with Crippen molar-refractivity contribution in [1.82, 2.24) is 15.5 Å². The predicted octanol–water partition coefficient (Wildman–Crippen LogP) is 2.74. The zero-order valence-electron chi connectivity index (χ0n) is 14.5. The van der Waals surface area contributed by atoms with Gasteiger partial charge in [0, 0.05) is 25.7 Å². The van der Waals surface area contributed by atoms with E-state index in [4.69, 9.17) is 0 Å². The molecule has 126 valence electrons. The Kier molecular flexibility index (Phi) is 11.3. The van der Waals surface area contributed by atoms with Gasteiger partial charge < -0.3 is 15.5 Å². The number of hydrogen-bond acceptors (Lipinski definition) is 2. The fraction of sp³-hybridized carbons (Fsp3) is 0.588. The summed E-state index contributed by atoms with van der Waals surface area (Å²) in [4.78, 5) is 6.55. The average Bonchev–Trinajstić information content (AvgIpc) is 2.50. The van der Waals surface area contributed by atoms with Crippen molar-refractivity contribution < 1.29 is 0 Å². The van der Waals surface area contributed by atoms with Crippen LogP contribution in [0.3, 0.4) is 0 Å². The van der Waals surface area contributed by atoms with Gasteiger partial charge in [-0.05, 0) is 39.4 Å². The molecule has 0 aliphatic carbocycles. The van der Waals surface area contributed by atoms with Crippen LogP contribution >= 0.6 is 24.0 Å². The number of halogens is 1. The van der Waals surface area contributed by atoms with Crippen LogP contribution in [0.15, 0.2) is 35.3 Å². The van der Waals surface area contributed by atoms with Crippen LogP contribution in [-0.2, 0) is 6.42 Å². The third-order valence-electron chi connectivity index (χ3n) is 3.77. The minimum atomic E-state index is 0. The first-order chi connectivity index (χ1) is 10.1. The molecule has 0 aliphatic heterocycles. The van der Waals surface area contributed by atoms with Gasteiger partial charge in [-0.25, -0.2) is 0 Å². The highest BCUT2D eigenvalue weighted by Gasteiger charge is 2.13. The van der Waals surface area contributed by atoms with Gasteiger partial charge in [-0.1, -0.05) is 37.3 Å². The van der Waals surface area contributed by atoms with E-state index in [0.29, 0.717) is 12.1 Å². The Labute approximate surface area is 152 Å². The van der Waals surface area contributed by atoms with Crippen molar-refractivity contribution in [2.24, 2.45) is 4.99 Å². The molecule has 0 bridgehead atoms. The van der Waals surface area contributed by atoms with Gasteiger partial charge in [0.15, 0.2) is 5.96 Å². The molecule has 0 aromatic heterocycles. The first-order valence-electron chi connectivity index (χ1n) is 7.74. The third-order valence-corrected chi connectivity index (χ3v) is 3.77. The Bertz CT molecular complexity index is 420. The first-order valence-corrected chi connectivity index (χ1v) is 7.74. The van der Waals surface area contributed by atoms with Gasteiger partial charge in [-0.15, -0.1) is 24.0 Å². The Morgan fingerprint density at radius 2 is 1.86 bits per heavy atom. The quantitative estimate of drug-likeness (QED) is 0.407. The lowest BCUT2D eigenvalue weighted by atomic mass is 10.1. The standard InChI is InChI=1S/C17H30N4.HI/c1-6-14(2)20-17(18-3)19-13-16(21(4)5)12-15-10-8-7-9-11-15;/h7-11,14,16H,6,12-13H2,1-5H3,(H2,18,19,20);1H. The summed E-state index contributed by atoms with van der Waals surface area (Å²) in [6, 6.07) is 11.5. The third kappa shape index (κ3) is 7.98. The van der Waals surface area contributed by atoms with Crippen molar-refractivity contribution in [2.45, 2.75) is 38.8 Å². The van der Waals surface area contributed by atoms with Crippen LogP contribution in [-0.4, -0.2) is 50.6 Å². The molecule has 0 aliphatic rings. The molecule has 4 nitrogen and oxygen atoms in total. The number of hydrogen-bond donors (Lipinski definition) is 2. The van der Waals surface area contributed by atoms with Gasteiger partial charge in [0.05, 0.1) is 0 Å². The number of rotatable bonds is 7. The first kappa shape index (κ1) is 21.2. The highest BCUT2D eigenvalue weighted by atomic mass is 127. The van der Waals surface area contributed by atoms with Crippen molar-refractivity contribution in [3.05, 3.63) is 35.9 Å². The van der Waals surface area contributed by atoms with E-state index >= 15 is 0 Å². The van der Waals surface area contributed by atoms with Gasteiger partial charge in [0.1, 0.15) is 0 Å². The summed E-state index contributed by atoms with van der Waals surface area (Å²) >= 11 is 0. The van der Waals surface area contributed by atoms with Gasteiger partial charge >= 0.3 is 0 Å². The summed E-state index contributed by atoms with van der Waals surface area (Å²) < 4.78 is 0. The zero-order valence-corrected chi connectivity index (χ0v) is 16.8. The highest BCUT2D eigenvalue weighted by Crippen LogP contribution is 2.06. The average molecular weight is 418 g/mol. The van der Waals surface area contributed by atoms with Gasteiger partial charge in [0.25, 0.3) is 0 Å². The number of benzene rings is 1. The SMILES string of the molecule is CCC(C)NC(=NC)NCC(Cc1ccccc1)N(C)C.I. The maximum atomic E-state index is 4.29. The van der Waals surface area contributed by atoms with Crippen LogP contribution in [0.25, 0.3) is 0 Å². The maximum absolute atomic E-state index is 4.29. The van der Waals surface area contributed by atoms with Crippen molar-refractivity contribution in [2.75, 3.05) is 27.7 Å². The second-order valence-corrected chi connectivity index (χ2v) is 5.71. The van der Waals surface area contributed by atoms with E-state index in [9.17, 15) is 0 Å². The number of guanidine groups is 1. The fourth-order valence-electron chi connectivity index (χ4n) is 2.07. The Morgan fingerprint density at radius 1 is 1.23 bits per heavy atom. The monoisotopic (exact) mass is 418 g/mol. The van der Waals surface area contributed by atoms with Crippen LogP contribution in [0.2, 0.25) is 0 Å². The zero-order chi connectivity index (χ0) is 15.7. The lowest BCUT2D eigenvalue weighted by molar-refractivity contribution is 0.290. The summed E-state index contributed by atoms with van der Waals surface area (Å²) in [6.07, 6.45) is 2.11. The number of nitrogens with zero attached hydrogens (tertiary/aromatic N) is 2. The molecule has 5 heteroatoms. The topological polar surface area (TPSA) is 39.7 Å². The normalized spacial score (nSPS) is 14.2. The van der Waals surface area contributed by atoms with Crippen LogP contribution in [0.4, 0.5) is 0 Å². The van der Waals surface area contributed by atoms with Gasteiger partial charge in [-0.2, -0.15) is 0 Å². The summed E-state index contributed by atoms with van der Waals surface area (Å²) in [6.45, 7) is 5.21. The minimum absolute atomic E-state index is 0. The van der Waals surface area contributed by atoms with E-state index < -0.39 is 0 Å². The Hall–Kier alpha value is -0.820. The van der Waals surface area contributed by atoms with Crippen LogP contribution < -0.4 is 10.6 Å². The minimum Gasteiger partial charge on any atom is -0.355 e. The van der Waals surface area contributed by atoms with Crippen molar-refractivity contribution >= 4 is 29.9 Å². The van der Waals surface area contributed by atoms with Crippen molar-refractivity contribution in [3.8, 4) is 0 Å². The maximum Gasteiger partial charge on any atom is 0.191 e. The van der Waals surface area contributed by atoms with E-state index in [1.54, 1.807) is 0 Å². The van der Waals surface area contributed by atoms with Crippen molar-refractivity contribution in [1.29, 1.82) is 0 Å². The van der Waals surface area contributed by atoms with Crippen LogP contribution in [0.5, 0.6) is 0 Å². The summed E-state index contributed by atoms with van der Waals surface area (Å²) in [5.74, 6) is 0.879. The molecule has 1 rings (SSSR count). The predicted molar refractivity (Wildman–Crippen MR) is 107 cm³/mol. The van der Waals surface area contributed by atoms with Gasteiger partial charge in [0.2, 0.25) is 0 Å². The second kappa shape index (κ2) is 11.7. The molecular weight excluding hydrogens is 387 g/mol. The smallest absolute Gasteiger partial charge is 0.191 e. The molecule has 1 aromatic rings.